The molecule has 0 atom stereocenters. The molecule has 1 rings (SSSR count). The van der Waals surface area contributed by atoms with Crippen molar-refractivity contribution in [1.82, 2.24) is 15.0 Å². The second-order valence-corrected chi connectivity index (χ2v) is 1.88. The van der Waals surface area contributed by atoms with Crippen LogP contribution in [0.5, 0.6) is 0 Å². The van der Waals surface area contributed by atoms with Crippen molar-refractivity contribution in [2.24, 2.45) is 0 Å². The van der Waals surface area contributed by atoms with E-state index in [0.29, 0.717) is 5.82 Å². The van der Waals surface area contributed by atoms with Crippen LogP contribution in [0.25, 0.3) is 0 Å². The van der Waals surface area contributed by atoms with Crippen LogP contribution in [0, 0.1) is 6.92 Å². The van der Waals surface area contributed by atoms with Crippen LogP contribution < -0.4 is 5.73 Å². The van der Waals surface area contributed by atoms with Gasteiger partial charge in [-0.15, -0.1) is 5.10 Å². The summed E-state index contributed by atoms with van der Waals surface area (Å²) < 4.78 is 1.66. The third-order valence-corrected chi connectivity index (χ3v) is 1.25. The number of aryl methyl sites for hydroxylation is 2. The summed E-state index contributed by atoms with van der Waals surface area (Å²) in [6, 6.07) is 0. The van der Waals surface area contributed by atoms with Crippen molar-refractivity contribution >= 4 is 5.82 Å². The lowest BCUT2D eigenvalue weighted by atomic mass is 10.5. The van der Waals surface area contributed by atoms with E-state index < -0.39 is 0 Å². The lowest BCUT2D eigenvalue weighted by Crippen LogP contribution is -2.02. The number of anilines is 1. The minimum Gasteiger partial charge on any atom is -0.382 e. The third kappa shape index (κ3) is 0.872. The highest BCUT2D eigenvalue weighted by atomic mass is 15.4. The minimum atomic E-state index is 0.664. The lowest BCUT2D eigenvalue weighted by Gasteiger charge is -1.94. The first kappa shape index (κ1) is 6.07. The molecule has 0 fully saturated rings. The Kier molecular flexibility index (Phi) is 1.38. The number of aromatic nitrogens is 3. The van der Waals surface area contributed by atoms with Gasteiger partial charge in [0.05, 0.1) is 0 Å². The lowest BCUT2D eigenvalue weighted by molar-refractivity contribution is 0.634. The number of nitrogens with two attached hydrogens (primary N) is 1. The number of nitrogens with zero attached hydrogens (tertiary/aromatic N) is 3. The van der Waals surface area contributed by atoms with E-state index in [1.165, 1.54) is 0 Å². The zero-order valence-electron chi connectivity index (χ0n) is 5.63. The molecule has 0 aliphatic heterocycles. The summed E-state index contributed by atoms with van der Waals surface area (Å²) in [5.41, 5.74) is 6.35. The maximum atomic E-state index is 5.55. The molecule has 0 bridgehead atoms. The summed E-state index contributed by atoms with van der Waals surface area (Å²) in [6.45, 7) is 4.60. The molecule has 0 spiro atoms. The molecule has 0 aliphatic carbocycles. The quantitative estimate of drug-likeness (QED) is 0.584. The van der Waals surface area contributed by atoms with E-state index in [0.717, 1.165) is 12.2 Å². The molecule has 1 aromatic heterocycles. The third-order valence-electron chi connectivity index (χ3n) is 1.25. The fourth-order valence-electron chi connectivity index (χ4n) is 0.641. The van der Waals surface area contributed by atoms with Gasteiger partial charge in [0, 0.05) is 6.54 Å². The molecule has 4 nitrogen and oxygen atoms in total. The van der Waals surface area contributed by atoms with Gasteiger partial charge in [-0.25, -0.2) is 4.68 Å². The summed E-state index contributed by atoms with van der Waals surface area (Å²) in [5.74, 6) is 0.664. The average Bonchev–Trinajstić information content (AvgIpc) is 2.15. The zero-order valence-corrected chi connectivity index (χ0v) is 5.63. The van der Waals surface area contributed by atoms with Crippen LogP contribution in [0.3, 0.4) is 0 Å². The number of hydrogen-bond acceptors (Lipinski definition) is 3. The number of nitrogen functional groups attached to an aromatic ring is 1. The molecule has 4 heteroatoms. The second-order valence-electron chi connectivity index (χ2n) is 1.88. The summed E-state index contributed by atoms with van der Waals surface area (Å²) in [5, 5.41) is 7.55. The van der Waals surface area contributed by atoms with E-state index >= 15 is 0 Å². The molecule has 9 heavy (non-hydrogen) atoms. The molecule has 1 aromatic rings. The molecule has 1 heterocycles. The molecule has 0 unspecified atom stereocenters. The molecule has 50 valence electrons. The normalized spacial score (nSPS) is 10.0. The molecular weight excluding hydrogens is 116 g/mol. The highest BCUT2D eigenvalue weighted by molar-refractivity contribution is 5.31. The molecular formula is C5H10N4. The van der Waals surface area contributed by atoms with Crippen LogP contribution in [0.1, 0.15) is 12.6 Å². The predicted octanol–water partition coefficient (Wildman–Crippen LogP) is 0.189. The summed E-state index contributed by atoms with van der Waals surface area (Å²) in [7, 11) is 0. The van der Waals surface area contributed by atoms with Gasteiger partial charge in [0.15, 0.2) is 0 Å². The van der Waals surface area contributed by atoms with Gasteiger partial charge < -0.3 is 5.73 Å². The zero-order chi connectivity index (χ0) is 6.85. The van der Waals surface area contributed by atoms with Crippen molar-refractivity contribution in [3.8, 4) is 0 Å². The number of hydrogen-bond donors (Lipinski definition) is 1. The van der Waals surface area contributed by atoms with Gasteiger partial charge in [-0.3, -0.25) is 0 Å². The van der Waals surface area contributed by atoms with Crippen LogP contribution in [-0.2, 0) is 6.54 Å². The van der Waals surface area contributed by atoms with Crippen molar-refractivity contribution < 1.29 is 0 Å². The van der Waals surface area contributed by atoms with Gasteiger partial charge in [-0.1, -0.05) is 5.21 Å². The maximum Gasteiger partial charge on any atom is 0.145 e. The molecule has 0 aliphatic rings. The van der Waals surface area contributed by atoms with Crippen LogP contribution in [-0.4, -0.2) is 15.0 Å². The van der Waals surface area contributed by atoms with Gasteiger partial charge in [-0.2, -0.15) is 0 Å². The topological polar surface area (TPSA) is 56.7 Å². The smallest absolute Gasteiger partial charge is 0.145 e. The van der Waals surface area contributed by atoms with Gasteiger partial charge in [0.1, 0.15) is 11.5 Å². The Balaban J connectivity index is 3.04. The highest BCUT2D eigenvalue weighted by Crippen LogP contribution is 2.03. The first-order valence-corrected chi connectivity index (χ1v) is 2.91. The standard InChI is InChI=1S/C5H10N4/c1-3-9-5(6)4(2)7-8-9/h3,6H2,1-2H3. The SMILES string of the molecule is CCn1nnc(C)c1N. The Morgan fingerprint density at radius 3 is 2.56 bits per heavy atom. The number of rotatable bonds is 1. The fourth-order valence-corrected chi connectivity index (χ4v) is 0.641. The maximum absolute atomic E-state index is 5.55. The average molecular weight is 126 g/mol. The van der Waals surface area contributed by atoms with Crippen LogP contribution in [0.2, 0.25) is 0 Å². The molecule has 0 amide bonds. The van der Waals surface area contributed by atoms with Crippen molar-refractivity contribution in [1.29, 1.82) is 0 Å². The molecule has 0 saturated heterocycles. The molecule has 0 radical (unpaired) electrons. The van der Waals surface area contributed by atoms with Crippen LogP contribution in [0.4, 0.5) is 5.82 Å². The first-order valence-electron chi connectivity index (χ1n) is 2.91. The Morgan fingerprint density at radius 1 is 1.67 bits per heavy atom. The molecule has 0 aromatic carbocycles. The van der Waals surface area contributed by atoms with E-state index in [1.54, 1.807) is 4.68 Å². The van der Waals surface area contributed by atoms with Gasteiger partial charge in [-0.05, 0) is 13.8 Å². The largest absolute Gasteiger partial charge is 0.382 e. The predicted molar refractivity (Wildman–Crippen MR) is 34.8 cm³/mol. The summed E-state index contributed by atoms with van der Waals surface area (Å²) in [6.07, 6.45) is 0. The minimum absolute atomic E-state index is 0.664. The van der Waals surface area contributed by atoms with Crippen molar-refractivity contribution in [2.75, 3.05) is 5.73 Å². The van der Waals surface area contributed by atoms with E-state index in [2.05, 4.69) is 10.3 Å². The van der Waals surface area contributed by atoms with E-state index in [9.17, 15) is 0 Å². The van der Waals surface area contributed by atoms with E-state index in [1.807, 2.05) is 13.8 Å². The van der Waals surface area contributed by atoms with Crippen molar-refractivity contribution in [2.45, 2.75) is 20.4 Å². The Labute approximate surface area is 53.7 Å². The van der Waals surface area contributed by atoms with Crippen molar-refractivity contribution in [3.05, 3.63) is 5.69 Å². The van der Waals surface area contributed by atoms with Gasteiger partial charge >= 0.3 is 0 Å². The summed E-state index contributed by atoms with van der Waals surface area (Å²) >= 11 is 0. The highest BCUT2D eigenvalue weighted by Gasteiger charge is 2.00. The Hall–Kier alpha value is -1.06. The van der Waals surface area contributed by atoms with Gasteiger partial charge in [0.25, 0.3) is 0 Å². The monoisotopic (exact) mass is 126 g/mol. The summed E-state index contributed by atoms with van der Waals surface area (Å²) in [4.78, 5) is 0. The Bertz CT molecular complexity index is 203. The molecule has 0 saturated carbocycles. The second kappa shape index (κ2) is 2.05. The van der Waals surface area contributed by atoms with Crippen LogP contribution >= 0.6 is 0 Å². The van der Waals surface area contributed by atoms with E-state index in [-0.39, 0.29) is 0 Å². The molecule has 2 N–H and O–H groups in total. The van der Waals surface area contributed by atoms with Crippen molar-refractivity contribution in [3.63, 3.8) is 0 Å². The van der Waals surface area contributed by atoms with E-state index in [4.69, 9.17) is 5.73 Å². The first-order chi connectivity index (χ1) is 4.25. The van der Waals surface area contributed by atoms with Gasteiger partial charge in [0.2, 0.25) is 0 Å². The fraction of sp³-hybridized carbons (Fsp3) is 0.600. The van der Waals surface area contributed by atoms with Crippen LogP contribution in [0.15, 0.2) is 0 Å². The Morgan fingerprint density at radius 2 is 2.33 bits per heavy atom.